The Bertz CT molecular complexity index is 325. The van der Waals surface area contributed by atoms with Gasteiger partial charge in [-0.05, 0) is 31.2 Å². The molecule has 0 radical (unpaired) electrons. The topological polar surface area (TPSA) is 20.2 Å². The molecule has 1 heteroatoms. The summed E-state index contributed by atoms with van der Waals surface area (Å²) in [5, 5.41) is 8.89. The van der Waals surface area contributed by atoms with Crippen molar-refractivity contribution in [3.8, 4) is 11.8 Å². The Morgan fingerprint density at radius 2 is 2.00 bits per heavy atom. The summed E-state index contributed by atoms with van der Waals surface area (Å²) in [6.07, 6.45) is 2.89. The summed E-state index contributed by atoms with van der Waals surface area (Å²) in [7, 11) is 0. The summed E-state index contributed by atoms with van der Waals surface area (Å²) in [5.41, 5.74) is 0.984. The van der Waals surface area contributed by atoms with Crippen LogP contribution in [0.4, 0.5) is 0 Å². The molecule has 66 valence electrons. The van der Waals surface area contributed by atoms with E-state index >= 15 is 0 Å². The summed E-state index contributed by atoms with van der Waals surface area (Å²) < 4.78 is 0. The molecular formula is C12H12O. The molecule has 0 saturated heterocycles. The Morgan fingerprint density at radius 3 is 2.62 bits per heavy atom. The molecule has 0 saturated carbocycles. The third kappa shape index (κ3) is 4.15. The summed E-state index contributed by atoms with van der Waals surface area (Å²) in [6, 6.07) is 9.74. The molecule has 0 unspecified atom stereocenters. The molecule has 1 rings (SSSR count). The molecule has 0 amide bonds. The number of benzene rings is 1. The first-order valence-corrected chi connectivity index (χ1v) is 4.20. The molecule has 1 aromatic carbocycles. The minimum Gasteiger partial charge on any atom is -0.389 e. The van der Waals surface area contributed by atoms with Crippen molar-refractivity contribution in [3.63, 3.8) is 0 Å². The lowest BCUT2D eigenvalue weighted by Gasteiger charge is -1.88. The molecule has 1 N–H and O–H groups in total. The standard InChI is InChI=1S/C12H12O/c1-11(13)7-5-6-10-12-8-3-2-4-9-12/h2-5,7-9,11,13H,1H3/b7-5-/t11-/m0/s1. The van der Waals surface area contributed by atoms with Gasteiger partial charge in [-0.25, -0.2) is 0 Å². The Kier molecular flexibility index (Phi) is 3.81. The number of aliphatic hydroxyl groups excluding tert-OH is 1. The molecule has 0 spiro atoms. The third-order valence-corrected chi connectivity index (χ3v) is 1.45. The van der Waals surface area contributed by atoms with Crippen molar-refractivity contribution < 1.29 is 5.11 Å². The summed E-state index contributed by atoms with van der Waals surface area (Å²) in [5.74, 6) is 5.79. The summed E-state index contributed by atoms with van der Waals surface area (Å²) in [4.78, 5) is 0. The highest BCUT2D eigenvalue weighted by atomic mass is 16.3. The first-order chi connectivity index (χ1) is 6.29. The van der Waals surface area contributed by atoms with Gasteiger partial charge in [-0.2, -0.15) is 0 Å². The van der Waals surface area contributed by atoms with Gasteiger partial charge in [0, 0.05) is 5.56 Å². The van der Waals surface area contributed by atoms with Gasteiger partial charge < -0.3 is 5.11 Å². The molecule has 1 aromatic rings. The summed E-state index contributed by atoms with van der Waals surface area (Å²) >= 11 is 0. The van der Waals surface area contributed by atoms with Gasteiger partial charge in [0.1, 0.15) is 0 Å². The van der Waals surface area contributed by atoms with Gasteiger partial charge in [0.05, 0.1) is 6.10 Å². The zero-order valence-electron chi connectivity index (χ0n) is 7.57. The second-order valence-electron chi connectivity index (χ2n) is 2.74. The fraction of sp³-hybridized carbons (Fsp3) is 0.167. The number of hydrogen-bond acceptors (Lipinski definition) is 1. The minimum atomic E-state index is -0.426. The van der Waals surface area contributed by atoms with Crippen molar-refractivity contribution in [2.24, 2.45) is 0 Å². The highest BCUT2D eigenvalue weighted by Gasteiger charge is 1.81. The van der Waals surface area contributed by atoms with Crippen LogP contribution in [0.15, 0.2) is 42.5 Å². The van der Waals surface area contributed by atoms with Crippen molar-refractivity contribution in [3.05, 3.63) is 48.0 Å². The first-order valence-electron chi connectivity index (χ1n) is 4.20. The maximum Gasteiger partial charge on any atom is 0.0701 e. The van der Waals surface area contributed by atoms with Crippen LogP contribution >= 0.6 is 0 Å². The van der Waals surface area contributed by atoms with Gasteiger partial charge in [0.15, 0.2) is 0 Å². The molecule has 0 bridgehead atoms. The van der Waals surface area contributed by atoms with Crippen LogP contribution in [0.2, 0.25) is 0 Å². The molecule has 1 nitrogen and oxygen atoms in total. The van der Waals surface area contributed by atoms with Crippen molar-refractivity contribution >= 4 is 0 Å². The van der Waals surface area contributed by atoms with E-state index in [9.17, 15) is 0 Å². The van der Waals surface area contributed by atoms with Crippen molar-refractivity contribution in [2.75, 3.05) is 0 Å². The van der Waals surface area contributed by atoms with Gasteiger partial charge in [0.25, 0.3) is 0 Å². The van der Waals surface area contributed by atoms with E-state index in [1.54, 1.807) is 19.1 Å². The minimum absolute atomic E-state index is 0.426. The second-order valence-corrected chi connectivity index (χ2v) is 2.74. The van der Waals surface area contributed by atoms with Crippen LogP contribution in [0, 0.1) is 11.8 Å². The molecule has 0 aliphatic carbocycles. The Balaban J connectivity index is 2.59. The van der Waals surface area contributed by atoms with Crippen LogP contribution in [0.3, 0.4) is 0 Å². The number of hydrogen-bond donors (Lipinski definition) is 1. The predicted molar refractivity (Wildman–Crippen MR) is 54.1 cm³/mol. The molecule has 13 heavy (non-hydrogen) atoms. The van der Waals surface area contributed by atoms with Crippen LogP contribution in [0.25, 0.3) is 0 Å². The number of rotatable bonds is 1. The van der Waals surface area contributed by atoms with Crippen LogP contribution in [-0.2, 0) is 0 Å². The maximum absolute atomic E-state index is 8.89. The van der Waals surface area contributed by atoms with E-state index in [2.05, 4.69) is 11.8 Å². The second kappa shape index (κ2) is 5.18. The average molecular weight is 172 g/mol. The van der Waals surface area contributed by atoms with E-state index in [1.807, 2.05) is 30.3 Å². The van der Waals surface area contributed by atoms with Crippen LogP contribution in [-0.4, -0.2) is 11.2 Å². The Morgan fingerprint density at radius 1 is 1.31 bits per heavy atom. The van der Waals surface area contributed by atoms with Gasteiger partial charge in [0.2, 0.25) is 0 Å². The van der Waals surface area contributed by atoms with E-state index in [-0.39, 0.29) is 0 Å². The third-order valence-electron chi connectivity index (χ3n) is 1.45. The van der Waals surface area contributed by atoms with E-state index in [4.69, 9.17) is 5.11 Å². The van der Waals surface area contributed by atoms with E-state index in [0.29, 0.717) is 0 Å². The molecule has 1 atom stereocenters. The van der Waals surface area contributed by atoms with Crippen LogP contribution in [0.1, 0.15) is 12.5 Å². The fourth-order valence-electron chi connectivity index (χ4n) is 0.834. The van der Waals surface area contributed by atoms with Crippen molar-refractivity contribution in [2.45, 2.75) is 13.0 Å². The van der Waals surface area contributed by atoms with Gasteiger partial charge in [-0.3, -0.25) is 0 Å². The normalized spacial score (nSPS) is 12.2. The highest BCUT2D eigenvalue weighted by molar-refractivity contribution is 5.36. The molecular weight excluding hydrogens is 160 g/mol. The van der Waals surface area contributed by atoms with Crippen molar-refractivity contribution in [1.29, 1.82) is 0 Å². The van der Waals surface area contributed by atoms with E-state index < -0.39 is 6.10 Å². The fourth-order valence-corrected chi connectivity index (χ4v) is 0.834. The molecule has 0 aliphatic heterocycles. The molecule has 0 aromatic heterocycles. The summed E-state index contributed by atoms with van der Waals surface area (Å²) in [6.45, 7) is 1.70. The number of allylic oxidation sites excluding steroid dienone is 1. The highest BCUT2D eigenvalue weighted by Crippen LogP contribution is 1.94. The molecule has 0 heterocycles. The Hall–Kier alpha value is -1.52. The quantitative estimate of drug-likeness (QED) is 0.642. The zero-order valence-corrected chi connectivity index (χ0v) is 7.57. The molecule has 0 aliphatic rings. The maximum atomic E-state index is 8.89. The van der Waals surface area contributed by atoms with Gasteiger partial charge in [-0.1, -0.05) is 30.0 Å². The Labute approximate surface area is 78.7 Å². The van der Waals surface area contributed by atoms with E-state index in [1.165, 1.54) is 0 Å². The first kappa shape index (κ1) is 9.57. The SMILES string of the molecule is C[C@H](O)/C=C\C#Cc1ccccc1. The largest absolute Gasteiger partial charge is 0.389 e. The monoisotopic (exact) mass is 172 g/mol. The lowest BCUT2D eigenvalue weighted by Crippen LogP contribution is -1.90. The van der Waals surface area contributed by atoms with Crippen molar-refractivity contribution in [1.82, 2.24) is 0 Å². The molecule has 0 fully saturated rings. The average Bonchev–Trinajstić information content (AvgIpc) is 2.14. The van der Waals surface area contributed by atoms with Gasteiger partial charge >= 0.3 is 0 Å². The van der Waals surface area contributed by atoms with Crippen LogP contribution in [0.5, 0.6) is 0 Å². The lowest BCUT2D eigenvalue weighted by atomic mass is 10.2. The lowest BCUT2D eigenvalue weighted by molar-refractivity contribution is 0.244. The van der Waals surface area contributed by atoms with Gasteiger partial charge in [-0.15, -0.1) is 0 Å². The van der Waals surface area contributed by atoms with Crippen LogP contribution < -0.4 is 0 Å². The smallest absolute Gasteiger partial charge is 0.0701 e. The zero-order chi connectivity index (χ0) is 9.52. The predicted octanol–water partition coefficient (Wildman–Crippen LogP) is 1.98. The van der Waals surface area contributed by atoms with E-state index in [0.717, 1.165) is 5.56 Å². The number of aliphatic hydroxyl groups is 1.